The maximum atomic E-state index is 14.2. The van der Waals surface area contributed by atoms with E-state index < -0.39 is 82.7 Å². The summed E-state index contributed by atoms with van der Waals surface area (Å²) in [4.78, 5) is 36.1. The molecular weight excluding hydrogens is 676 g/mol. The van der Waals surface area contributed by atoms with Crippen molar-refractivity contribution in [3.05, 3.63) is 60.7 Å². The van der Waals surface area contributed by atoms with Crippen LogP contribution in [0.1, 0.15) is 27.2 Å². The molecule has 4 unspecified atom stereocenters. The molecule has 0 aliphatic carbocycles. The van der Waals surface area contributed by atoms with E-state index in [1.165, 1.54) is 45.2 Å². The van der Waals surface area contributed by atoms with E-state index in [-0.39, 0.29) is 17.9 Å². The van der Waals surface area contributed by atoms with Crippen molar-refractivity contribution in [3.8, 4) is 11.5 Å². The first-order valence-corrected chi connectivity index (χ1v) is 17.8. The topological polar surface area (TPSA) is 227 Å². The van der Waals surface area contributed by atoms with Gasteiger partial charge in [-0.15, -0.1) is 0 Å². The van der Waals surface area contributed by atoms with E-state index in [2.05, 4.69) is 20.2 Å². The van der Waals surface area contributed by atoms with Gasteiger partial charge in [0.25, 0.3) is 0 Å². The Morgan fingerprint density at radius 1 is 0.875 bits per heavy atom. The molecule has 17 nitrogen and oxygen atoms in total. The quantitative estimate of drug-likeness (QED) is 0.117. The number of amides is 1. The number of carbonyl (C=O) groups is 3. The predicted octanol–water partition coefficient (Wildman–Crippen LogP) is 2.04. The van der Waals surface area contributed by atoms with E-state index in [0.29, 0.717) is 0 Å². The molecule has 0 spiro atoms. The monoisotopic (exact) mass is 717 g/mol. The molecule has 2 aromatic carbocycles. The van der Waals surface area contributed by atoms with Crippen LogP contribution in [0.15, 0.2) is 60.7 Å². The van der Waals surface area contributed by atoms with Crippen LogP contribution in [0.25, 0.3) is 0 Å². The van der Waals surface area contributed by atoms with Crippen molar-refractivity contribution in [1.82, 2.24) is 15.5 Å². The van der Waals surface area contributed by atoms with Gasteiger partial charge in [0.15, 0.2) is 6.29 Å². The molecule has 0 saturated carbocycles. The molecule has 0 aromatic heterocycles. The van der Waals surface area contributed by atoms with Crippen LogP contribution in [0, 0.1) is 0 Å². The summed E-state index contributed by atoms with van der Waals surface area (Å²) in [5.74, 6) is -1.90. The van der Waals surface area contributed by atoms with Crippen molar-refractivity contribution in [3.63, 3.8) is 0 Å². The molecular formula is C29H41N3O14P2. The zero-order valence-corrected chi connectivity index (χ0v) is 28.7. The molecule has 1 aliphatic rings. The van der Waals surface area contributed by atoms with Crippen molar-refractivity contribution >= 4 is 33.3 Å². The average molecular weight is 718 g/mol. The Hall–Kier alpha value is -3.37. The normalized spacial score (nSPS) is 24.5. The summed E-state index contributed by atoms with van der Waals surface area (Å²) in [7, 11) is -6.67. The number of methoxy groups -OCH3 is 2. The number of esters is 2. The molecule has 266 valence electrons. The summed E-state index contributed by atoms with van der Waals surface area (Å²) >= 11 is 0. The molecule has 2 aromatic rings. The van der Waals surface area contributed by atoms with Gasteiger partial charge in [-0.1, -0.05) is 36.4 Å². The number of para-hydroxylation sites is 2. The van der Waals surface area contributed by atoms with Crippen LogP contribution in [0.5, 0.6) is 11.5 Å². The molecule has 19 heteroatoms. The van der Waals surface area contributed by atoms with E-state index in [1.54, 1.807) is 36.4 Å². The molecule has 48 heavy (non-hydrogen) atoms. The Bertz CT molecular complexity index is 1450. The third-order valence-corrected chi connectivity index (χ3v) is 10.0. The number of benzene rings is 2. The lowest BCUT2D eigenvalue weighted by atomic mass is 9.97. The molecule has 1 fully saturated rings. The molecule has 3 rings (SSSR count). The Kier molecular flexibility index (Phi) is 14.5. The summed E-state index contributed by atoms with van der Waals surface area (Å²) < 4.78 is 65.7. The fraction of sp³-hybridized carbons (Fsp3) is 0.483. The highest BCUT2D eigenvalue weighted by Gasteiger charge is 2.51. The summed E-state index contributed by atoms with van der Waals surface area (Å²) in [5, 5.41) is 29.9. The molecule has 1 saturated heterocycles. The van der Waals surface area contributed by atoms with E-state index in [0.717, 1.165) is 14.0 Å². The molecule has 1 heterocycles. The van der Waals surface area contributed by atoms with Gasteiger partial charge in [0.1, 0.15) is 41.9 Å². The van der Waals surface area contributed by atoms with Crippen molar-refractivity contribution < 1.29 is 66.0 Å². The largest absolute Gasteiger partial charge is 0.469 e. The van der Waals surface area contributed by atoms with Crippen LogP contribution in [0.3, 0.4) is 0 Å². The zero-order valence-electron chi connectivity index (χ0n) is 26.9. The molecule has 1 amide bonds. The van der Waals surface area contributed by atoms with Gasteiger partial charge in [0.05, 0.1) is 27.2 Å². The Morgan fingerprint density at radius 2 is 1.44 bits per heavy atom. The van der Waals surface area contributed by atoms with Gasteiger partial charge in [-0.05, 0) is 38.1 Å². The molecule has 9 atom stereocenters. The first kappa shape index (κ1) is 39.1. The van der Waals surface area contributed by atoms with Gasteiger partial charge in [-0.2, -0.15) is 5.09 Å². The summed E-state index contributed by atoms with van der Waals surface area (Å²) in [5.41, 5.74) is 0. The highest BCUT2D eigenvalue weighted by molar-refractivity contribution is 7.52. The second kappa shape index (κ2) is 17.9. The Morgan fingerprint density at radius 3 is 1.96 bits per heavy atom. The molecule has 0 bridgehead atoms. The average Bonchev–Trinajstić information content (AvgIpc) is 3.03. The number of nitrogens with one attached hydrogen (secondary N) is 3. The number of hydrogen-bond donors (Lipinski definition) is 5. The minimum Gasteiger partial charge on any atom is -0.469 e. The van der Waals surface area contributed by atoms with Crippen molar-refractivity contribution in [2.24, 2.45) is 0 Å². The van der Waals surface area contributed by atoms with E-state index in [4.69, 9.17) is 27.6 Å². The highest BCUT2D eigenvalue weighted by atomic mass is 31.2. The smallest absolute Gasteiger partial charge is 0.459 e. The van der Waals surface area contributed by atoms with Gasteiger partial charge >= 0.3 is 27.4 Å². The fourth-order valence-corrected chi connectivity index (χ4v) is 7.71. The summed E-state index contributed by atoms with van der Waals surface area (Å²) in [6.45, 7) is 3.27. The van der Waals surface area contributed by atoms with Crippen LogP contribution in [0.2, 0.25) is 0 Å². The van der Waals surface area contributed by atoms with Crippen molar-refractivity contribution in [2.75, 3.05) is 20.8 Å². The SMILES string of the molecule is COC(=O)C[C@H](C)NP(=O)(OCC1OC(O)[C@@H](NC(C)=O)[C@@H](OP(=O)(N[C@@H](C)C(=O)OC)Oc2ccccc2)[C@@H]1O)Oc1ccccc1. The van der Waals surface area contributed by atoms with E-state index in [1.807, 2.05) is 0 Å². The Balaban J connectivity index is 1.91. The minimum atomic E-state index is -4.64. The number of ether oxygens (including phenoxy) is 3. The van der Waals surface area contributed by atoms with Gasteiger partial charge in [0, 0.05) is 13.0 Å². The molecule has 5 N–H and O–H groups in total. The third-order valence-electron chi connectivity index (χ3n) is 6.66. The first-order valence-electron chi connectivity index (χ1n) is 14.7. The fourth-order valence-electron chi connectivity index (χ4n) is 4.44. The zero-order chi connectivity index (χ0) is 35.5. The van der Waals surface area contributed by atoms with Crippen LogP contribution in [0.4, 0.5) is 0 Å². The summed E-state index contributed by atoms with van der Waals surface area (Å²) in [6.07, 6.45) is -7.21. The van der Waals surface area contributed by atoms with Gasteiger partial charge in [-0.3, -0.25) is 23.4 Å². The lowest BCUT2D eigenvalue weighted by Gasteiger charge is -2.43. The van der Waals surface area contributed by atoms with Gasteiger partial charge in [-0.25, -0.2) is 14.2 Å². The number of carbonyl (C=O) groups excluding carboxylic acids is 3. The van der Waals surface area contributed by atoms with Crippen LogP contribution in [-0.2, 0) is 46.8 Å². The standard InChI is InChI=1S/C29H41N3O14P2/c1-18(16-24(34)40-4)31-47(38,44-21-12-8-6-9-13-21)42-17-23-26(35)27(25(29(37)43-23)30-20(3)33)46-48(39,32-19(2)28(36)41-5)45-22-14-10-7-11-15-22/h6-15,18-19,23,25-27,29,35,37H,16-17H2,1-5H3,(H,30,33)(H,31,38)(H,32,39)/t18-,19-,23?,25-,26+,27+,29?,47?,48?/m0/s1. The maximum absolute atomic E-state index is 14.2. The van der Waals surface area contributed by atoms with Crippen molar-refractivity contribution in [1.29, 1.82) is 0 Å². The number of aliphatic hydroxyl groups is 2. The number of rotatable bonds is 17. The first-order chi connectivity index (χ1) is 22.7. The second-order valence-electron chi connectivity index (χ2n) is 10.6. The molecule has 1 aliphatic heterocycles. The minimum absolute atomic E-state index is 0.0506. The predicted molar refractivity (Wildman–Crippen MR) is 169 cm³/mol. The van der Waals surface area contributed by atoms with E-state index >= 15 is 0 Å². The second-order valence-corrected chi connectivity index (χ2v) is 14.0. The van der Waals surface area contributed by atoms with E-state index in [9.17, 15) is 33.7 Å². The van der Waals surface area contributed by atoms with Crippen LogP contribution in [-0.4, -0.2) is 91.6 Å². The number of hydrogen-bond acceptors (Lipinski definition) is 14. The third kappa shape index (κ3) is 11.7. The van der Waals surface area contributed by atoms with Crippen molar-refractivity contribution in [2.45, 2.75) is 69.9 Å². The lowest BCUT2D eigenvalue weighted by molar-refractivity contribution is -0.248. The maximum Gasteiger partial charge on any atom is 0.459 e. The van der Waals surface area contributed by atoms with Gasteiger partial charge in [0.2, 0.25) is 5.91 Å². The molecule has 0 radical (unpaired) electrons. The lowest BCUT2D eigenvalue weighted by Crippen LogP contribution is -2.65. The van der Waals surface area contributed by atoms with Crippen LogP contribution >= 0.6 is 15.5 Å². The highest BCUT2D eigenvalue weighted by Crippen LogP contribution is 2.49. The summed E-state index contributed by atoms with van der Waals surface area (Å²) in [6, 6.07) is 12.2. The number of aliphatic hydroxyl groups excluding tert-OH is 2. The van der Waals surface area contributed by atoms with Crippen LogP contribution < -0.4 is 24.5 Å². The Labute approximate surface area is 277 Å². The van der Waals surface area contributed by atoms with Gasteiger partial charge < -0.3 is 38.8 Å².